The number of hydrogen-bond acceptors (Lipinski definition) is 3. The molecule has 102 valence electrons. The van der Waals surface area contributed by atoms with Gasteiger partial charge in [0.25, 0.3) is 0 Å². The van der Waals surface area contributed by atoms with Crippen molar-refractivity contribution in [1.29, 1.82) is 0 Å². The molecule has 1 aromatic carbocycles. The molecule has 0 spiro atoms. The zero-order valence-electron chi connectivity index (χ0n) is 11.9. The first-order valence-electron chi connectivity index (χ1n) is 6.65. The van der Waals surface area contributed by atoms with E-state index in [0.717, 1.165) is 39.2 Å². The van der Waals surface area contributed by atoms with E-state index in [-0.39, 0.29) is 0 Å². The summed E-state index contributed by atoms with van der Waals surface area (Å²) in [4.78, 5) is 2.40. The van der Waals surface area contributed by atoms with Crippen molar-refractivity contribution >= 4 is 0 Å². The van der Waals surface area contributed by atoms with Gasteiger partial charge >= 0.3 is 0 Å². The van der Waals surface area contributed by atoms with Crippen LogP contribution in [0.25, 0.3) is 0 Å². The lowest BCUT2D eigenvalue weighted by Crippen LogP contribution is -2.29. The number of nitrogens with zero attached hydrogens (tertiary/aromatic N) is 1. The smallest absolute Gasteiger partial charge is 0.0589 e. The Morgan fingerprint density at radius 3 is 2.56 bits per heavy atom. The first-order valence-corrected chi connectivity index (χ1v) is 6.65. The molecule has 0 heterocycles. The molecule has 2 N–H and O–H groups in total. The first kappa shape index (κ1) is 15.2. The molecule has 0 unspecified atom stereocenters. The molecule has 3 nitrogen and oxygen atoms in total. The summed E-state index contributed by atoms with van der Waals surface area (Å²) in [6.45, 7) is 8.81. The molecule has 0 atom stereocenters. The molecule has 0 amide bonds. The van der Waals surface area contributed by atoms with Gasteiger partial charge in [-0.15, -0.1) is 0 Å². The molecule has 0 radical (unpaired) electrons. The number of benzene rings is 1. The van der Waals surface area contributed by atoms with E-state index in [1.165, 1.54) is 16.7 Å². The molecule has 3 heteroatoms. The van der Waals surface area contributed by atoms with E-state index >= 15 is 0 Å². The largest absolute Gasteiger partial charge is 0.383 e. The standard InChI is InChI=1S/C15H26N2O/c1-13-5-6-15(11-14(13)2)12-17(8-4-7-16)9-10-18-3/h5-6,11H,4,7-10,12,16H2,1-3H3. The second kappa shape index (κ2) is 8.25. The van der Waals surface area contributed by atoms with E-state index < -0.39 is 0 Å². The van der Waals surface area contributed by atoms with Crippen molar-refractivity contribution in [3.63, 3.8) is 0 Å². The zero-order chi connectivity index (χ0) is 13.4. The minimum Gasteiger partial charge on any atom is -0.383 e. The van der Waals surface area contributed by atoms with E-state index in [4.69, 9.17) is 10.5 Å². The highest BCUT2D eigenvalue weighted by Gasteiger charge is 2.06. The molecule has 1 rings (SSSR count). The Balaban J connectivity index is 2.59. The Morgan fingerprint density at radius 1 is 1.17 bits per heavy atom. The van der Waals surface area contributed by atoms with Gasteiger partial charge < -0.3 is 10.5 Å². The molecule has 0 aliphatic carbocycles. The number of ether oxygens (including phenoxy) is 1. The summed E-state index contributed by atoms with van der Waals surface area (Å²) in [6.07, 6.45) is 1.04. The molecule has 0 aromatic heterocycles. The second-order valence-electron chi connectivity index (χ2n) is 4.83. The van der Waals surface area contributed by atoms with Crippen LogP contribution in [-0.2, 0) is 11.3 Å². The molecular weight excluding hydrogens is 224 g/mol. The van der Waals surface area contributed by atoms with E-state index in [1.807, 2.05) is 0 Å². The van der Waals surface area contributed by atoms with Crippen LogP contribution in [0.3, 0.4) is 0 Å². The molecule has 18 heavy (non-hydrogen) atoms. The summed E-state index contributed by atoms with van der Waals surface area (Å²) in [5, 5.41) is 0. The minimum atomic E-state index is 0.746. The summed E-state index contributed by atoms with van der Waals surface area (Å²) in [7, 11) is 1.75. The third kappa shape index (κ3) is 5.17. The summed E-state index contributed by atoms with van der Waals surface area (Å²) >= 11 is 0. The lowest BCUT2D eigenvalue weighted by atomic mass is 10.1. The van der Waals surface area contributed by atoms with Gasteiger partial charge in [0, 0.05) is 20.2 Å². The average molecular weight is 250 g/mol. The van der Waals surface area contributed by atoms with Crippen LogP contribution in [0, 0.1) is 13.8 Å². The highest BCUT2D eigenvalue weighted by Crippen LogP contribution is 2.12. The van der Waals surface area contributed by atoms with Gasteiger partial charge in [0.15, 0.2) is 0 Å². The highest BCUT2D eigenvalue weighted by molar-refractivity contribution is 5.29. The maximum Gasteiger partial charge on any atom is 0.0589 e. The molecule has 0 saturated carbocycles. The van der Waals surface area contributed by atoms with Gasteiger partial charge in [-0.3, -0.25) is 4.90 Å². The van der Waals surface area contributed by atoms with Crippen molar-refractivity contribution in [3.8, 4) is 0 Å². The lowest BCUT2D eigenvalue weighted by Gasteiger charge is -2.22. The van der Waals surface area contributed by atoms with Crippen molar-refractivity contribution in [1.82, 2.24) is 4.90 Å². The summed E-state index contributed by atoms with van der Waals surface area (Å²) < 4.78 is 5.16. The first-order chi connectivity index (χ1) is 8.67. The van der Waals surface area contributed by atoms with Crippen LogP contribution >= 0.6 is 0 Å². The van der Waals surface area contributed by atoms with Gasteiger partial charge in [0.05, 0.1) is 6.61 Å². The van der Waals surface area contributed by atoms with Crippen molar-refractivity contribution < 1.29 is 4.74 Å². The van der Waals surface area contributed by atoms with Crippen molar-refractivity contribution in [2.75, 3.05) is 33.4 Å². The molecule has 0 aliphatic heterocycles. The lowest BCUT2D eigenvalue weighted by molar-refractivity contribution is 0.143. The molecule has 0 saturated heterocycles. The number of methoxy groups -OCH3 is 1. The fourth-order valence-electron chi connectivity index (χ4n) is 1.97. The Bertz CT molecular complexity index is 344. The predicted octanol–water partition coefficient (Wildman–Crippen LogP) is 2.10. The molecule has 0 aliphatic rings. The number of rotatable bonds is 8. The van der Waals surface area contributed by atoms with Crippen LogP contribution in [0.5, 0.6) is 0 Å². The third-order valence-corrected chi connectivity index (χ3v) is 3.27. The van der Waals surface area contributed by atoms with Gasteiger partial charge in [-0.2, -0.15) is 0 Å². The van der Waals surface area contributed by atoms with E-state index in [2.05, 4.69) is 36.9 Å². The molecule has 0 fully saturated rings. The SMILES string of the molecule is COCCN(CCCN)Cc1ccc(C)c(C)c1. The van der Waals surface area contributed by atoms with Gasteiger partial charge in [0.2, 0.25) is 0 Å². The maximum atomic E-state index is 5.58. The normalized spacial score (nSPS) is 11.2. The van der Waals surface area contributed by atoms with Gasteiger partial charge in [-0.25, -0.2) is 0 Å². The van der Waals surface area contributed by atoms with E-state index in [9.17, 15) is 0 Å². The topological polar surface area (TPSA) is 38.5 Å². The number of hydrogen-bond donors (Lipinski definition) is 1. The Morgan fingerprint density at radius 2 is 1.94 bits per heavy atom. The van der Waals surface area contributed by atoms with E-state index in [0.29, 0.717) is 0 Å². The van der Waals surface area contributed by atoms with Crippen molar-refractivity contribution in [3.05, 3.63) is 34.9 Å². The summed E-state index contributed by atoms with van der Waals surface area (Å²) in [6, 6.07) is 6.68. The highest BCUT2D eigenvalue weighted by atomic mass is 16.5. The quantitative estimate of drug-likeness (QED) is 0.768. The molecule has 0 bridgehead atoms. The number of nitrogens with two attached hydrogens (primary N) is 1. The van der Waals surface area contributed by atoms with Crippen LogP contribution in [-0.4, -0.2) is 38.3 Å². The second-order valence-corrected chi connectivity index (χ2v) is 4.83. The average Bonchev–Trinajstić information content (AvgIpc) is 2.37. The van der Waals surface area contributed by atoms with Crippen LogP contribution in [0.15, 0.2) is 18.2 Å². The van der Waals surface area contributed by atoms with Gasteiger partial charge in [0.1, 0.15) is 0 Å². The molecule has 1 aromatic rings. The Kier molecular flexibility index (Phi) is 6.94. The van der Waals surface area contributed by atoms with Crippen molar-refractivity contribution in [2.45, 2.75) is 26.8 Å². The monoisotopic (exact) mass is 250 g/mol. The van der Waals surface area contributed by atoms with Crippen LogP contribution in [0.2, 0.25) is 0 Å². The van der Waals surface area contributed by atoms with Crippen LogP contribution in [0.1, 0.15) is 23.1 Å². The third-order valence-electron chi connectivity index (χ3n) is 3.27. The fourth-order valence-corrected chi connectivity index (χ4v) is 1.97. The minimum absolute atomic E-state index is 0.746. The Hall–Kier alpha value is -0.900. The van der Waals surface area contributed by atoms with Gasteiger partial charge in [-0.05, 0) is 50.0 Å². The van der Waals surface area contributed by atoms with E-state index in [1.54, 1.807) is 7.11 Å². The summed E-state index contributed by atoms with van der Waals surface area (Å²) in [5.74, 6) is 0. The zero-order valence-corrected chi connectivity index (χ0v) is 11.9. The maximum absolute atomic E-state index is 5.58. The van der Waals surface area contributed by atoms with Crippen LogP contribution < -0.4 is 5.73 Å². The fraction of sp³-hybridized carbons (Fsp3) is 0.600. The van der Waals surface area contributed by atoms with Crippen LogP contribution in [0.4, 0.5) is 0 Å². The Labute approximate surface area is 111 Å². The number of aryl methyl sites for hydroxylation is 2. The predicted molar refractivity (Wildman–Crippen MR) is 76.7 cm³/mol. The molecular formula is C15H26N2O. The summed E-state index contributed by atoms with van der Waals surface area (Å²) in [5.41, 5.74) is 9.66. The van der Waals surface area contributed by atoms with Gasteiger partial charge in [-0.1, -0.05) is 18.2 Å². The van der Waals surface area contributed by atoms with Crippen molar-refractivity contribution in [2.24, 2.45) is 5.73 Å².